The molecule has 0 radical (unpaired) electrons. The van der Waals surface area contributed by atoms with Gasteiger partial charge in [-0.3, -0.25) is 0 Å². The lowest BCUT2D eigenvalue weighted by atomic mass is 10.1. The molecule has 1 saturated carbocycles. The largest absolute Gasteiger partial charge is 0.376 e. The first-order valence-electron chi connectivity index (χ1n) is 7.48. The molecular formula is C15H17Cl2N3O. The molecule has 4 rings (SSSR count). The van der Waals surface area contributed by atoms with E-state index in [0.29, 0.717) is 29.0 Å². The van der Waals surface area contributed by atoms with Gasteiger partial charge in [0, 0.05) is 25.1 Å². The number of aromatic nitrogens is 3. The fourth-order valence-electron chi connectivity index (χ4n) is 3.36. The minimum Gasteiger partial charge on any atom is -0.376 e. The standard InChI is InChI=1S/C15H17Cl2N3O/c16-5-3-13-19-11-7-10(17)8-18-15(11)20(13)12-4-6-21-14(12)9-1-2-9/h7-9,12,14H,1-6H2. The lowest BCUT2D eigenvalue weighted by Crippen LogP contribution is -2.24. The van der Waals surface area contributed by atoms with Crippen LogP contribution in [0.25, 0.3) is 11.2 Å². The van der Waals surface area contributed by atoms with Crippen molar-refractivity contribution in [2.45, 2.75) is 37.8 Å². The quantitative estimate of drug-likeness (QED) is 0.806. The van der Waals surface area contributed by atoms with Crippen molar-refractivity contribution in [2.24, 2.45) is 5.92 Å². The topological polar surface area (TPSA) is 39.9 Å². The van der Waals surface area contributed by atoms with E-state index in [4.69, 9.17) is 32.9 Å². The Morgan fingerprint density at radius 3 is 2.95 bits per heavy atom. The predicted molar refractivity (Wildman–Crippen MR) is 83.1 cm³/mol. The van der Waals surface area contributed by atoms with E-state index in [1.54, 1.807) is 6.20 Å². The second kappa shape index (κ2) is 5.41. The molecule has 1 saturated heterocycles. The molecule has 2 fully saturated rings. The Labute approximate surface area is 133 Å². The van der Waals surface area contributed by atoms with Gasteiger partial charge in [0.25, 0.3) is 0 Å². The Hall–Kier alpha value is -0.840. The van der Waals surface area contributed by atoms with Gasteiger partial charge < -0.3 is 9.30 Å². The van der Waals surface area contributed by atoms with Crippen LogP contribution in [-0.2, 0) is 11.2 Å². The highest BCUT2D eigenvalue weighted by molar-refractivity contribution is 6.31. The van der Waals surface area contributed by atoms with Crippen molar-refractivity contribution in [1.82, 2.24) is 14.5 Å². The fourth-order valence-corrected chi connectivity index (χ4v) is 3.69. The van der Waals surface area contributed by atoms with Crippen LogP contribution in [-0.4, -0.2) is 33.1 Å². The second-order valence-corrected chi connectivity index (χ2v) is 6.68. The molecule has 2 aromatic heterocycles. The maximum atomic E-state index is 6.04. The summed E-state index contributed by atoms with van der Waals surface area (Å²) in [7, 11) is 0. The average molecular weight is 326 g/mol. The van der Waals surface area contributed by atoms with Crippen LogP contribution in [0, 0.1) is 5.92 Å². The second-order valence-electron chi connectivity index (χ2n) is 5.86. The van der Waals surface area contributed by atoms with E-state index < -0.39 is 0 Å². The summed E-state index contributed by atoms with van der Waals surface area (Å²) in [6.45, 7) is 0.819. The zero-order valence-corrected chi connectivity index (χ0v) is 13.1. The number of pyridine rings is 1. The van der Waals surface area contributed by atoms with Gasteiger partial charge in [0.1, 0.15) is 11.3 Å². The molecule has 6 heteroatoms. The summed E-state index contributed by atoms with van der Waals surface area (Å²) in [5, 5.41) is 0.617. The first-order chi connectivity index (χ1) is 10.3. The van der Waals surface area contributed by atoms with Crippen molar-refractivity contribution in [2.75, 3.05) is 12.5 Å². The van der Waals surface area contributed by atoms with Crippen LogP contribution in [0.15, 0.2) is 12.3 Å². The third kappa shape index (κ3) is 2.43. The normalized spacial score (nSPS) is 25.8. The van der Waals surface area contributed by atoms with Gasteiger partial charge in [0.2, 0.25) is 0 Å². The van der Waals surface area contributed by atoms with E-state index in [1.165, 1.54) is 12.8 Å². The summed E-state index contributed by atoms with van der Waals surface area (Å²) in [5.74, 6) is 2.25. The number of imidazole rings is 1. The number of alkyl halides is 1. The molecule has 21 heavy (non-hydrogen) atoms. The summed E-state index contributed by atoms with van der Waals surface area (Å²) in [5.41, 5.74) is 1.75. The van der Waals surface area contributed by atoms with Gasteiger partial charge in [0.05, 0.1) is 17.2 Å². The molecule has 112 valence electrons. The van der Waals surface area contributed by atoms with Gasteiger partial charge in [0.15, 0.2) is 5.65 Å². The molecular weight excluding hydrogens is 309 g/mol. The third-order valence-electron chi connectivity index (χ3n) is 4.41. The lowest BCUT2D eigenvalue weighted by molar-refractivity contribution is 0.0752. The zero-order chi connectivity index (χ0) is 14.4. The molecule has 2 aromatic rings. The van der Waals surface area contributed by atoms with E-state index >= 15 is 0 Å². The van der Waals surface area contributed by atoms with Crippen LogP contribution < -0.4 is 0 Å². The van der Waals surface area contributed by atoms with Crippen molar-refractivity contribution < 1.29 is 4.74 Å². The van der Waals surface area contributed by atoms with Crippen LogP contribution in [0.4, 0.5) is 0 Å². The fraction of sp³-hybridized carbons (Fsp3) is 0.600. The van der Waals surface area contributed by atoms with Crippen molar-refractivity contribution in [3.8, 4) is 0 Å². The van der Waals surface area contributed by atoms with Crippen LogP contribution >= 0.6 is 23.2 Å². The minimum atomic E-state index is 0.300. The number of fused-ring (bicyclic) bond motifs is 1. The van der Waals surface area contributed by atoms with E-state index in [9.17, 15) is 0 Å². The number of nitrogens with zero attached hydrogens (tertiary/aromatic N) is 3. The monoisotopic (exact) mass is 325 g/mol. The van der Waals surface area contributed by atoms with Crippen molar-refractivity contribution in [3.63, 3.8) is 0 Å². The van der Waals surface area contributed by atoms with E-state index in [0.717, 1.165) is 36.4 Å². The molecule has 2 atom stereocenters. The molecule has 3 heterocycles. The van der Waals surface area contributed by atoms with Gasteiger partial charge >= 0.3 is 0 Å². The number of halogens is 2. The Morgan fingerprint density at radius 1 is 1.33 bits per heavy atom. The smallest absolute Gasteiger partial charge is 0.160 e. The minimum absolute atomic E-state index is 0.300. The Balaban J connectivity index is 1.82. The molecule has 1 aliphatic carbocycles. The Kier molecular flexibility index (Phi) is 3.56. The molecule has 2 unspecified atom stereocenters. The number of ether oxygens (including phenoxy) is 1. The highest BCUT2D eigenvalue weighted by atomic mass is 35.5. The van der Waals surface area contributed by atoms with Crippen LogP contribution in [0.2, 0.25) is 5.02 Å². The van der Waals surface area contributed by atoms with Crippen LogP contribution in [0.5, 0.6) is 0 Å². The van der Waals surface area contributed by atoms with Gasteiger partial charge in [-0.2, -0.15) is 0 Å². The number of hydrogen-bond donors (Lipinski definition) is 0. The summed E-state index contributed by atoms with van der Waals surface area (Å²) < 4.78 is 8.24. The van der Waals surface area contributed by atoms with Crippen LogP contribution in [0.1, 0.15) is 31.1 Å². The van der Waals surface area contributed by atoms with E-state index in [2.05, 4.69) is 9.55 Å². The zero-order valence-electron chi connectivity index (χ0n) is 11.6. The maximum absolute atomic E-state index is 6.04. The van der Waals surface area contributed by atoms with Crippen LogP contribution in [0.3, 0.4) is 0 Å². The molecule has 0 amide bonds. The first-order valence-corrected chi connectivity index (χ1v) is 8.39. The SMILES string of the molecule is ClCCc1nc2cc(Cl)cnc2n1C1CCOC1C1CC1. The average Bonchev–Trinajstić information content (AvgIpc) is 3.09. The highest BCUT2D eigenvalue weighted by Crippen LogP contribution is 2.44. The molecule has 0 spiro atoms. The molecule has 0 aromatic carbocycles. The lowest BCUT2D eigenvalue weighted by Gasteiger charge is -2.22. The van der Waals surface area contributed by atoms with Gasteiger partial charge in [-0.1, -0.05) is 11.6 Å². The van der Waals surface area contributed by atoms with Crippen molar-refractivity contribution >= 4 is 34.4 Å². The van der Waals surface area contributed by atoms with Gasteiger partial charge in [-0.25, -0.2) is 9.97 Å². The molecule has 4 nitrogen and oxygen atoms in total. The number of hydrogen-bond acceptors (Lipinski definition) is 3. The summed E-state index contributed by atoms with van der Waals surface area (Å²) in [6, 6.07) is 2.20. The molecule has 1 aliphatic heterocycles. The maximum Gasteiger partial charge on any atom is 0.160 e. The predicted octanol–water partition coefficient (Wildman–Crippen LogP) is 3.61. The van der Waals surface area contributed by atoms with E-state index in [1.807, 2.05) is 6.07 Å². The van der Waals surface area contributed by atoms with Crippen molar-refractivity contribution in [3.05, 3.63) is 23.1 Å². The first kappa shape index (κ1) is 13.8. The highest BCUT2D eigenvalue weighted by Gasteiger charge is 2.42. The Bertz CT molecular complexity index is 668. The molecule has 0 bridgehead atoms. The third-order valence-corrected chi connectivity index (χ3v) is 4.80. The summed E-state index contributed by atoms with van der Waals surface area (Å²) >= 11 is 12.0. The number of rotatable bonds is 4. The van der Waals surface area contributed by atoms with Gasteiger partial charge in [-0.15, -0.1) is 11.6 Å². The van der Waals surface area contributed by atoms with Crippen molar-refractivity contribution in [1.29, 1.82) is 0 Å². The number of aryl methyl sites for hydroxylation is 1. The van der Waals surface area contributed by atoms with Gasteiger partial charge in [-0.05, 0) is 31.2 Å². The summed E-state index contributed by atoms with van der Waals surface area (Å²) in [4.78, 5) is 9.21. The van der Waals surface area contributed by atoms with E-state index in [-0.39, 0.29) is 0 Å². The summed E-state index contributed by atoms with van der Waals surface area (Å²) in [6.07, 6.45) is 6.30. The Morgan fingerprint density at radius 2 is 2.19 bits per heavy atom. The molecule has 0 N–H and O–H groups in total. The molecule has 2 aliphatic rings.